The average molecular weight is 330 g/mol. The molecule has 0 heterocycles. The van der Waals surface area contributed by atoms with Crippen LogP contribution in [0.15, 0.2) is 53.4 Å². The fourth-order valence-corrected chi connectivity index (χ4v) is 3.37. The van der Waals surface area contributed by atoms with Crippen molar-refractivity contribution in [3.05, 3.63) is 65.2 Å². The number of rotatable bonds is 6. The maximum atomic E-state index is 12.2. The molecule has 0 unspecified atom stereocenters. The number of hydrogen-bond acceptors (Lipinski definition) is 4. The minimum atomic E-state index is -3.48. The summed E-state index contributed by atoms with van der Waals surface area (Å²) >= 11 is 0. The molecule has 0 radical (unpaired) electrons. The SMILES string of the molecule is CC(=O)c1ccc(C(=O)CCS(=O)(=O)c2ccc(C)cc2)cc1. The molecule has 4 nitrogen and oxygen atoms in total. The van der Waals surface area contributed by atoms with Gasteiger partial charge in [0.25, 0.3) is 0 Å². The molecule has 2 rings (SSSR count). The minimum absolute atomic E-state index is 0.0778. The summed E-state index contributed by atoms with van der Waals surface area (Å²) < 4.78 is 24.5. The van der Waals surface area contributed by atoms with Crippen molar-refractivity contribution in [2.45, 2.75) is 25.2 Å². The number of carbonyl (C=O) groups is 2. The minimum Gasteiger partial charge on any atom is -0.295 e. The van der Waals surface area contributed by atoms with Gasteiger partial charge in [0.05, 0.1) is 10.6 Å². The first kappa shape index (κ1) is 17.1. The summed E-state index contributed by atoms with van der Waals surface area (Å²) in [6.45, 7) is 3.33. The molecule has 23 heavy (non-hydrogen) atoms. The highest BCUT2D eigenvalue weighted by Crippen LogP contribution is 2.15. The first-order valence-electron chi connectivity index (χ1n) is 7.23. The fourth-order valence-electron chi connectivity index (χ4n) is 2.13. The van der Waals surface area contributed by atoms with Gasteiger partial charge in [0.1, 0.15) is 0 Å². The summed E-state index contributed by atoms with van der Waals surface area (Å²) in [7, 11) is -3.48. The normalized spacial score (nSPS) is 11.2. The van der Waals surface area contributed by atoms with E-state index in [0.29, 0.717) is 11.1 Å². The molecular formula is C18H18O4S. The van der Waals surface area contributed by atoms with Gasteiger partial charge in [0, 0.05) is 17.5 Å². The van der Waals surface area contributed by atoms with E-state index in [1.807, 2.05) is 6.92 Å². The molecule has 5 heteroatoms. The Kier molecular flexibility index (Phi) is 5.11. The molecule has 0 aliphatic rings. The Morgan fingerprint density at radius 1 is 0.870 bits per heavy atom. The number of hydrogen-bond donors (Lipinski definition) is 0. The Morgan fingerprint density at radius 3 is 1.91 bits per heavy atom. The third-order valence-electron chi connectivity index (χ3n) is 3.59. The van der Waals surface area contributed by atoms with Gasteiger partial charge in [-0.3, -0.25) is 9.59 Å². The highest BCUT2D eigenvalue weighted by molar-refractivity contribution is 7.91. The number of Topliss-reactive ketones (excluding diaryl/α,β-unsaturated/α-hetero) is 2. The van der Waals surface area contributed by atoms with Crippen LogP contribution < -0.4 is 0 Å². The third kappa shape index (κ3) is 4.36. The summed E-state index contributed by atoms with van der Waals surface area (Å²) in [6, 6.07) is 12.8. The molecule has 0 bridgehead atoms. The Hall–Kier alpha value is -2.27. The highest BCUT2D eigenvalue weighted by Gasteiger charge is 2.17. The molecule has 0 N–H and O–H groups in total. The first-order chi connectivity index (χ1) is 10.8. The molecule has 0 saturated carbocycles. The Balaban J connectivity index is 2.06. The predicted molar refractivity (Wildman–Crippen MR) is 88.6 cm³/mol. The smallest absolute Gasteiger partial charge is 0.178 e. The molecule has 0 aliphatic carbocycles. The van der Waals surface area contributed by atoms with Gasteiger partial charge in [0.2, 0.25) is 0 Å². The number of ketones is 2. The van der Waals surface area contributed by atoms with E-state index >= 15 is 0 Å². The lowest BCUT2D eigenvalue weighted by Crippen LogP contribution is -2.12. The second kappa shape index (κ2) is 6.87. The fraction of sp³-hybridized carbons (Fsp3) is 0.222. The van der Waals surface area contributed by atoms with Gasteiger partial charge in [-0.05, 0) is 26.0 Å². The van der Waals surface area contributed by atoms with Crippen LogP contribution in [0.5, 0.6) is 0 Å². The van der Waals surface area contributed by atoms with E-state index in [0.717, 1.165) is 5.56 Å². The van der Waals surface area contributed by atoms with Gasteiger partial charge in [-0.1, -0.05) is 42.0 Å². The van der Waals surface area contributed by atoms with Gasteiger partial charge >= 0.3 is 0 Å². The number of carbonyl (C=O) groups excluding carboxylic acids is 2. The van der Waals surface area contributed by atoms with Crippen LogP contribution in [0.25, 0.3) is 0 Å². The number of sulfone groups is 1. The zero-order valence-corrected chi connectivity index (χ0v) is 13.9. The number of aryl methyl sites for hydroxylation is 1. The molecule has 0 amide bonds. The van der Waals surface area contributed by atoms with Gasteiger partial charge < -0.3 is 0 Å². The maximum absolute atomic E-state index is 12.2. The van der Waals surface area contributed by atoms with E-state index in [2.05, 4.69) is 0 Å². The largest absolute Gasteiger partial charge is 0.295 e. The second-order valence-corrected chi connectivity index (χ2v) is 7.55. The second-order valence-electron chi connectivity index (χ2n) is 5.44. The van der Waals surface area contributed by atoms with Crippen LogP contribution in [0.3, 0.4) is 0 Å². The van der Waals surface area contributed by atoms with E-state index < -0.39 is 9.84 Å². The van der Waals surface area contributed by atoms with E-state index in [1.165, 1.54) is 6.92 Å². The zero-order chi connectivity index (χ0) is 17.0. The molecule has 0 spiro atoms. The van der Waals surface area contributed by atoms with Crippen LogP contribution >= 0.6 is 0 Å². The van der Waals surface area contributed by atoms with Crippen LogP contribution in [-0.2, 0) is 9.84 Å². The topological polar surface area (TPSA) is 68.3 Å². The summed E-state index contributed by atoms with van der Waals surface area (Å²) in [5.41, 5.74) is 1.91. The summed E-state index contributed by atoms with van der Waals surface area (Å²) in [5.74, 6) is -0.565. The van der Waals surface area contributed by atoms with Crippen LogP contribution in [0, 0.1) is 6.92 Å². The lowest BCUT2D eigenvalue weighted by Gasteiger charge is -2.05. The average Bonchev–Trinajstić information content (AvgIpc) is 2.53. The molecule has 2 aromatic carbocycles. The van der Waals surface area contributed by atoms with Crippen molar-refractivity contribution < 1.29 is 18.0 Å². The summed E-state index contributed by atoms with van der Waals surface area (Å²) in [5, 5.41) is 0. The first-order valence-corrected chi connectivity index (χ1v) is 8.88. The van der Waals surface area contributed by atoms with Crippen LogP contribution in [0.2, 0.25) is 0 Å². The van der Waals surface area contributed by atoms with Crippen molar-refractivity contribution in [1.29, 1.82) is 0 Å². The lowest BCUT2D eigenvalue weighted by molar-refractivity contribution is 0.0984. The molecule has 2 aromatic rings. The van der Waals surface area contributed by atoms with Crippen LogP contribution in [0.4, 0.5) is 0 Å². The maximum Gasteiger partial charge on any atom is 0.178 e. The predicted octanol–water partition coefficient (Wildman–Crippen LogP) is 3.24. The Morgan fingerprint density at radius 2 is 1.39 bits per heavy atom. The van der Waals surface area contributed by atoms with Crippen LogP contribution in [0.1, 0.15) is 39.6 Å². The molecule has 0 atom stereocenters. The monoisotopic (exact) mass is 330 g/mol. The van der Waals surface area contributed by atoms with Crippen molar-refractivity contribution >= 4 is 21.4 Å². The molecule has 0 aromatic heterocycles. The summed E-state index contributed by atoms with van der Waals surface area (Å²) in [6.07, 6.45) is -0.0877. The van der Waals surface area contributed by atoms with Crippen LogP contribution in [-0.4, -0.2) is 25.7 Å². The van der Waals surface area contributed by atoms with Gasteiger partial charge in [0.15, 0.2) is 21.4 Å². The van der Waals surface area contributed by atoms with Crippen molar-refractivity contribution in [2.24, 2.45) is 0 Å². The Labute approximate surface area is 136 Å². The Bertz CT molecular complexity index is 816. The molecular weight excluding hydrogens is 312 g/mol. The van der Waals surface area contributed by atoms with E-state index in [-0.39, 0.29) is 28.6 Å². The highest BCUT2D eigenvalue weighted by atomic mass is 32.2. The quantitative estimate of drug-likeness (QED) is 0.763. The lowest BCUT2D eigenvalue weighted by atomic mass is 10.1. The van der Waals surface area contributed by atoms with Gasteiger partial charge in [-0.2, -0.15) is 0 Å². The van der Waals surface area contributed by atoms with E-state index in [9.17, 15) is 18.0 Å². The van der Waals surface area contributed by atoms with Crippen molar-refractivity contribution in [1.82, 2.24) is 0 Å². The molecule has 0 saturated heterocycles. The molecule has 120 valence electrons. The van der Waals surface area contributed by atoms with E-state index in [4.69, 9.17) is 0 Å². The third-order valence-corrected chi connectivity index (χ3v) is 5.32. The van der Waals surface area contributed by atoms with E-state index in [1.54, 1.807) is 48.5 Å². The van der Waals surface area contributed by atoms with Crippen molar-refractivity contribution in [3.63, 3.8) is 0 Å². The molecule has 0 fully saturated rings. The zero-order valence-electron chi connectivity index (χ0n) is 13.1. The van der Waals surface area contributed by atoms with Crippen molar-refractivity contribution in [2.75, 3.05) is 5.75 Å². The van der Waals surface area contributed by atoms with Gasteiger partial charge in [-0.15, -0.1) is 0 Å². The van der Waals surface area contributed by atoms with Gasteiger partial charge in [-0.25, -0.2) is 8.42 Å². The number of benzene rings is 2. The van der Waals surface area contributed by atoms with Crippen molar-refractivity contribution in [3.8, 4) is 0 Å². The standard InChI is InChI=1S/C18H18O4S/c1-13-3-9-17(10-4-13)23(21,22)12-11-18(20)16-7-5-15(6-8-16)14(2)19/h3-10H,11-12H2,1-2H3. The molecule has 0 aliphatic heterocycles. The summed E-state index contributed by atoms with van der Waals surface area (Å²) in [4.78, 5) is 23.5.